The zero-order chi connectivity index (χ0) is 106. The number of hydrogen-bond donors (Lipinski definition) is 10. The number of likely N-dealkylation sites (N-methyl/N-ethyl adjacent to an activating group) is 1. The van der Waals surface area contributed by atoms with Gasteiger partial charge in [0.15, 0.2) is 0 Å². The summed E-state index contributed by atoms with van der Waals surface area (Å²) in [5.41, 5.74) is 6.52. The third kappa shape index (κ3) is 31.5. The van der Waals surface area contributed by atoms with Crippen LogP contribution >= 0.6 is 0 Å². The molecule has 1 amide bonds. The second-order valence-electron chi connectivity index (χ2n) is 35.3. The molecule has 0 spiro atoms. The third-order valence-corrected chi connectivity index (χ3v) is 26.9. The zero-order valence-corrected chi connectivity index (χ0v) is 82.3. The number of hydrogen-bond acceptors (Lipinski definition) is 36. The lowest BCUT2D eigenvalue weighted by Crippen LogP contribution is -2.33. The SMILES string of the molecule is C=CC(=O)N(C)c1cccc(Cn2ccc(C(=O)c3cncnc3N[C@@H]3C[C@H](COS(N)(=O)=O)[C@@H](O)[C@@H]3F)n2)c1.CC#CCCn1ccc(C(=O)c2cncnc2C[C@@H]2C[C@H](COS(N)(=O)=O)[C@@H](O)C2)n1.NS(=O)(=O)OC[C@H]1C[C@@H](Cc2ncncc2C(=O)c2ccn(CCc3cccc4ccccc34)n2)[C@H](O)[C@@H]1O.NS(=O)(=O)OC[C@H]1C[C@@H](Cc2ncncc2C(=O)c2ccn(Cc3cccc(OC(F)F)c3)n2)C[C@@H]1O. The fourth-order valence-corrected chi connectivity index (χ4v) is 19.3. The van der Waals surface area contributed by atoms with Crippen LogP contribution < -0.4 is 35.5 Å². The monoisotopic (exact) mass is 2110 g/mol. The zero-order valence-electron chi connectivity index (χ0n) is 79.0. The minimum absolute atomic E-state index is 0.00321. The van der Waals surface area contributed by atoms with Crippen LogP contribution in [-0.2, 0) is 115 Å². The molecule has 8 aromatic heterocycles. The lowest BCUT2D eigenvalue weighted by Gasteiger charge is -2.18. The number of anilines is 2. The van der Waals surface area contributed by atoms with Crippen molar-refractivity contribution in [1.82, 2.24) is 79.0 Å². The number of ether oxygens (including phenoxy) is 1. The number of aliphatic hydroxyl groups is 5. The highest BCUT2D eigenvalue weighted by atomic mass is 32.2. The number of amides is 1. The second-order valence-corrected chi connectivity index (χ2v) is 40.2. The number of aryl methyl sites for hydroxylation is 3. The van der Waals surface area contributed by atoms with Gasteiger partial charge in [0.1, 0.15) is 65.8 Å². The Morgan fingerprint density at radius 1 is 0.503 bits per heavy atom. The fourth-order valence-electron chi connectivity index (χ4n) is 17.8. The quantitative estimate of drug-likeness (QED) is 0.0144. The van der Waals surface area contributed by atoms with Crippen LogP contribution in [0, 0.1) is 53.3 Å². The van der Waals surface area contributed by atoms with E-state index in [2.05, 4.69) is 130 Å². The topological polar surface area (TPSA) is 663 Å². The van der Waals surface area contributed by atoms with Gasteiger partial charge >= 0.3 is 47.8 Å². The second kappa shape index (κ2) is 50.2. The normalized spacial score (nSPS) is 20.7. The van der Waals surface area contributed by atoms with E-state index in [0.717, 1.165) is 12.0 Å². The number of benzene rings is 4. The number of nitrogens with two attached hydrogens (primary N) is 4. The van der Waals surface area contributed by atoms with Gasteiger partial charge in [0.05, 0.1) is 122 Å². The van der Waals surface area contributed by atoms with E-state index in [1.165, 1.54) is 100 Å². The highest BCUT2D eigenvalue weighted by Crippen LogP contribution is 2.40. The van der Waals surface area contributed by atoms with Crippen molar-refractivity contribution in [3.8, 4) is 17.6 Å². The first-order chi connectivity index (χ1) is 70.0. The van der Waals surface area contributed by atoms with Crippen molar-refractivity contribution in [3.05, 3.63) is 282 Å². The first-order valence-electron chi connectivity index (χ1n) is 45.9. The predicted octanol–water partition coefficient (Wildman–Crippen LogP) is 4.41. The van der Waals surface area contributed by atoms with Gasteiger partial charge in [-0.05, 0) is 171 Å². The Labute approximate surface area is 842 Å². The summed E-state index contributed by atoms with van der Waals surface area (Å²) in [4.78, 5) is 99.0. The van der Waals surface area contributed by atoms with E-state index < -0.39 is 132 Å². The number of alkyl halides is 3. The van der Waals surface area contributed by atoms with Crippen molar-refractivity contribution < 1.29 is 118 Å². The van der Waals surface area contributed by atoms with Crippen LogP contribution in [0.1, 0.15) is 150 Å². The average molecular weight is 2110 g/mol. The number of fused-ring (bicyclic) bond motifs is 1. The fraction of sp³-hybridized carbons (Fsp3) is 0.379. The lowest BCUT2D eigenvalue weighted by molar-refractivity contribution is -0.113. The predicted molar refractivity (Wildman–Crippen MR) is 520 cm³/mol. The van der Waals surface area contributed by atoms with Gasteiger partial charge in [-0.3, -0.25) is 59.4 Å². The lowest BCUT2D eigenvalue weighted by atomic mass is 9.95. The van der Waals surface area contributed by atoms with E-state index in [1.807, 2.05) is 30.3 Å². The Balaban J connectivity index is 0.000000164. The summed E-state index contributed by atoms with van der Waals surface area (Å²) in [6.07, 6.45) is 16.0. The van der Waals surface area contributed by atoms with Gasteiger partial charge in [0.25, 0.3) is 0 Å². The van der Waals surface area contributed by atoms with Crippen LogP contribution in [0.3, 0.4) is 0 Å². The summed E-state index contributed by atoms with van der Waals surface area (Å²) in [6.45, 7) is 2.83. The molecule has 12 aromatic rings. The summed E-state index contributed by atoms with van der Waals surface area (Å²) >= 11 is 0. The van der Waals surface area contributed by atoms with E-state index >= 15 is 0 Å². The number of nitrogens with zero attached hydrogens (tertiary/aromatic N) is 17. The van der Waals surface area contributed by atoms with Crippen molar-refractivity contribution in [3.63, 3.8) is 0 Å². The molecular weight excluding hydrogens is 2000 g/mol. The molecule has 4 aliphatic rings. The van der Waals surface area contributed by atoms with Crippen LogP contribution in [0.15, 0.2) is 203 Å². The number of aromatic nitrogens is 16. The maximum atomic E-state index is 14.8. The number of carbonyl (C=O) groups is 5. The molecule has 4 saturated carbocycles. The summed E-state index contributed by atoms with van der Waals surface area (Å²) in [5.74, 6) is 1.26. The van der Waals surface area contributed by atoms with Crippen molar-refractivity contribution in [1.29, 1.82) is 0 Å². The van der Waals surface area contributed by atoms with Gasteiger partial charge < -0.3 is 40.5 Å². The summed E-state index contributed by atoms with van der Waals surface area (Å²) in [6, 6.07) is 33.2. The van der Waals surface area contributed by atoms with E-state index in [-0.39, 0.29) is 126 Å². The highest BCUT2D eigenvalue weighted by molar-refractivity contribution is 7.85. The summed E-state index contributed by atoms with van der Waals surface area (Å²) in [7, 11) is -15.0. The number of rotatable bonds is 41. The molecule has 0 saturated heterocycles. The van der Waals surface area contributed by atoms with Crippen molar-refractivity contribution >= 4 is 92.5 Å². The molecular formula is C95H107F3N22O23S4. The Hall–Kier alpha value is -13.6. The Morgan fingerprint density at radius 2 is 0.932 bits per heavy atom. The standard InChI is InChI=1S/C27H29N5O6S.C25H28FN7O6S.C23H25F2N5O6S.C20H25N5O5S/c28-39(36,37)38-15-20-12-19(25(33)26(20)34)13-24-22(14-29-16-30-24)27(35)23-9-11-32(31-23)10-8-18-6-3-5-17-4-1-2-7-21(17)18;1-3-21(34)32(2)17-6-4-5-15(9-17)12-33-8-7-19(31-33)24(36)18-11-28-14-29-25(18)30-20-10-16(23(35)22(20)26)13-39-40(27,37)38;24-23(25)36-17-3-1-2-14(7-17)11-30-5-4-19(29-30)22(32)18-10-27-13-28-20(18)8-15-6-16(21(31)9-15)12-35-37(26,33)34;1-2-3-4-6-25-7-5-17(24-25)20(27)16-11-22-13-23-18(16)9-14-8-15(19(26)10-14)12-30-31(21,28)29/h1-7,9,11,14,16,19-20,25-26,33-34H,8,10,12-13,15H2,(H2,28,36,37);3-9,11,14,16,20,22-23,35H,1,10,12-13H2,2H3,(H2,27,37,38)(H,28,29,30);1-5,7,10,13,15-16,21,23,31H,6,8-9,11-12H2,(H2,26,33,34);5,7,11,13-15,19,26H,4,6,8-10,12H2,1H3,(H2,21,28,29)/t19-,20+,25-,26+;16-,20-,22-,23-;15-,16+,21-;14-,15+,19-/m0100/s1. The van der Waals surface area contributed by atoms with Crippen LogP contribution in [-0.4, -0.2) is 250 Å². The number of halogens is 3. The van der Waals surface area contributed by atoms with Gasteiger partial charge in [0.2, 0.25) is 29.0 Å². The molecule has 4 aromatic carbocycles. The molecule has 14 N–H and O–H groups in total. The Bertz CT molecular complexity index is 7220. The first-order valence-corrected chi connectivity index (χ1v) is 51.8. The number of aliphatic hydroxyl groups excluding tert-OH is 5. The van der Waals surface area contributed by atoms with Gasteiger partial charge in [-0.25, -0.2) is 64.8 Å². The third-order valence-electron chi connectivity index (χ3n) is 25.0. The maximum absolute atomic E-state index is 14.8. The molecule has 45 nitrogen and oxygen atoms in total. The minimum atomic E-state index is -4.25. The van der Waals surface area contributed by atoms with E-state index in [9.17, 15) is 96.3 Å². The van der Waals surface area contributed by atoms with Crippen molar-refractivity contribution in [2.75, 3.05) is 43.7 Å². The van der Waals surface area contributed by atoms with Gasteiger partial charge in [-0.15, -0.1) is 11.8 Å². The maximum Gasteiger partial charge on any atom is 0.387 e. The molecule has 0 aliphatic heterocycles. The Morgan fingerprint density at radius 3 is 1.44 bits per heavy atom. The van der Waals surface area contributed by atoms with E-state index in [4.69, 9.17) is 20.6 Å². The van der Waals surface area contributed by atoms with Crippen LogP contribution in [0.4, 0.5) is 24.7 Å². The molecule has 14 atom stereocenters. The van der Waals surface area contributed by atoms with Crippen molar-refractivity contribution in [2.24, 2.45) is 62.0 Å². The van der Waals surface area contributed by atoms with E-state index in [0.29, 0.717) is 104 Å². The van der Waals surface area contributed by atoms with Crippen LogP contribution in [0.2, 0.25) is 0 Å². The minimum Gasteiger partial charge on any atom is -0.435 e. The highest BCUT2D eigenvalue weighted by Gasteiger charge is 2.46. The molecule has 780 valence electrons. The molecule has 4 aliphatic carbocycles. The van der Waals surface area contributed by atoms with Crippen LogP contribution in [0.5, 0.6) is 5.75 Å². The number of nitrogens with one attached hydrogen (secondary N) is 1. The van der Waals surface area contributed by atoms with Gasteiger partial charge in [0, 0.05) is 98.9 Å². The molecule has 0 radical (unpaired) electrons. The van der Waals surface area contributed by atoms with Crippen molar-refractivity contribution in [2.45, 2.75) is 153 Å². The van der Waals surface area contributed by atoms with Gasteiger partial charge in [-0.2, -0.15) is 62.8 Å². The first kappa shape index (κ1) is 111. The number of ketones is 4. The molecule has 0 unspecified atom stereocenters. The Kier molecular flexibility index (Phi) is 37.8. The van der Waals surface area contributed by atoms with E-state index in [1.54, 1.807) is 95.3 Å². The molecule has 8 heterocycles. The molecule has 4 fully saturated rings. The summed E-state index contributed by atoms with van der Waals surface area (Å²) < 4.78 is 158. The molecule has 147 heavy (non-hydrogen) atoms. The molecule has 16 rings (SSSR count). The van der Waals surface area contributed by atoms with Gasteiger partial charge in [-0.1, -0.05) is 73.3 Å². The molecule has 52 heteroatoms. The largest absolute Gasteiger partial charge is 0.435 e. The molecule has 0 bridgehead atoms. The van der Waals surface area contributed by atoms with Crippen LogP contribution in [0.25, 0.3) is 10.8 Å². The summed E-state index contributed by atoms with van der Waals surface area (Å²) in [5, 5.41) is 93.8. The smallest absolute Gasteiger partial charge is 0.387 e. The number of carbonyl (C=O) groups excluding carboxylic acids is 5. The average Bonchev–Trinajstić information content (AvgIpc) is 1.62.